The number of rotatable bonds is 1. The van der Waals surface area contributed by atoms with Gasteiger partial charge in [0.15, 0.2) is 0 Å². The summed E-state index contributed by atoms with van der Waals surface area (Å²) < 4.78 is 0. The quantitative estimate of drug-likeness (QED) is 0.354. The van der Waals surface area contributed by atoms with Crippen molar-refractivity contribution in [2.45, 2.75) is 6.92 Å². The topological polar surface area (TPSA) is 36.1 Å². The van der Waals surface area contributed by atoms with Crippen LogP contribution in [-0.4, -0.2) is 6.72 Å². The van der Waals surface area contributed by atoms with Crippen LogP contribution in [0.5, 0.6) is 0 Å². The third-order valence-electron chi connectivity index (χ3n) is 0.558. The highest BCUT2D eigenvalue weighted by molar-refractivity contribution is 5.33. The van der Waals surface area contributed by atoms with Crippen LogP contribution in [0.4, 0.5) is 0 Å². The summed E-state index contributed by atoms with van der Waals surface area (Å²) in [5.74, 6) is 0. The van der Waals surface area contributed by atoms with E-state index in [9.17, 15) is 0 Å². The zero-order valence-corrected chi connectivity index (χ0v) is 4.18. The summed E-state index contributed by atoms with van der Waals surface area (Å²) in [7, 11) is 0. The minimum absolute atomic E-state index is 0.375. The SMILES string of the molecule is C=NC(C#N)=CC. The van der Waals surface area contributed by atoms with E-state index in [0.29, 0.717) is 5.70 Å². The summed E-state index contributed by atoms with van der Waals surface area (Å²) in [5, 5.41) is 8.07. The second-order valence-corrected chi connectivity index (χ2v) is 0.944. The van der Waals surface area contributed by atoms with E-state index in [4.69, 9.17) is 5.26 Å². The van der Waals surface area contributed by atoms with Crippen LogP contribution < -0.4 is 0 Å². The molecule has 0 rings (SSSR count). The summed E-state index contributed by atoms with van der Waals surface area (Å²) in [6.07, 6.45) is 1.60. The van der Waals surface area contributed by atoms with Crippen LogP contribution in [0.1, 0.15) is 6.92 Å². The Morgan fingerprint density at radius 2 is 2.57 bits per heavy atom. The Morgan fingerprint density at radius 1 is 2.00 bits per heavy atom. The van der Waals surface area contributed by atoms with Crippen LogP contribution in [-0.2, 0) is 0 Å². The largest absolute Gasteiger partial charge is 0.254 e. The van der Waals surface area contributed by atoms with E-state index in [1.165, 1.54) is 0 Å². The van der Waals surface area contributed by atoms with Gasteiger partial charge in [-0.2, -0.15) is 5.26 Å². The van der Waals surface area contributed by atoms with Crippen molar-refractivity contribution in [3.05, 3.63) is 11.8 Å². The zero-order valence-electron chi connectivity index (χ0n) is 4.18. The average molecular weight is 94.1 g/mol. The number of allylic oxidation sites excluding steroid dienone is 2. The van der Waals surface area contributed by atoms with Gasteiger partial charge < -0.3 is 0 Å². The molecule has 0 heterocycles. The maximum atomic E-state index is 8.07. The van der Waals surface area contributed by atoms with Crippen molar-refractivity contribution in [1.82, 2.24) is 0 Å². The molecule has 0 spiro atoms. The monoisotopic (exact) mass is 94.1 g/mol. The first-order valence-corrected chi connectivity index (χ1v) is 1.88. The predicted molar refractivity (Wildman–Crippen MR) is 28.9 cm³/mol. The Hall–Kier alpha value is -1.10. The molecule has 0 saturated heterocycles. The van der Waals surface area contributed by atoms with Crippen molar-refractivity contribution < 1.29 is 0 Å². The molecule has 0 aliphatic heterocycles. The van der Waals surface area contributed by atoms with Gasteiger partial charge in [-0.25, -0.2) is 0 Å². The summed E-state index contributed by atoms with van der Waals surface area (Å²) in [4.78, 5) is 3.38. The van der Waals surface area contributed by atoms with Crippen molar-refractivity contribution in [1.29, 1.82) is 5.26 Å². The second-order valence-electron chi connectivity index (χ2n) is 0.944. The Balaban J connectivity index is 3.94. The molecule has 2 nitrogen and oxygen atoms in total. The van der Waals surface area contributed by atoms with Gasteiger partial charge in [-0.05, 0) is 13.6 Å². The molecule has 0 aliphatic carbocycles. The average Bonchev–Trinajstić information content (AvgIpc) is 1.72. The highest BCUT2D eigenvalue weighted by Gasteiger charge is 1.78. The maximum absolute atomic E-state index is 8.07. The number of aliphatic imine (C=N–C) groups is 1. The molecule has 0 amide bonds. The fourth-order valence-electron chi connectivity index (χ4n) is 0.191. The van der Waals surface area contributed by atoms with Gasteiger partial charge in [0.1, 0.15) is 11.8 Å². The fraction of sp³-hybridized carbons (Fsp3) is 0.200. The molecule has 0 unspecified atom stereocenters. The van der Waals surface area contributed by atoms with E-state index in [1.54, 1.807) is 13.0 Å². The molecule has 0 aliphatic rings. The number of hydrogen-bond acceptors (Lipinski definition) is 2. The summed E-state index contributed by atoms with van der Waals surface area (Å²) in [6.45, 7) is 4.91. The fourth-order valence-corrected chi connectivity index (χ4v) is 0.191. The van der Waals surface area contributed by atoms with Crippen LogP contribution in [0, 0.1) is 11.3 Å². The summed E-state index contributed by atoms with van der Waals surface area (Å²) >= 11 is 0. The van der Waals surface area contributed by atoms with E-state index < -0.39 is 0 Å². The second kappa shape index (κ2) is 3.10. The van der Waals surface area contributed by atoms with E-state index in [0.717, 1.165) is 0 Å². The smallest absolute Gasteiger partial charge is 0.135 e. The number of nitrogens with zero attached hydrogens (tertiary/aromatic N) is 2. The van der Waals surface area contributed by atoms with Gasteiger partial charge in [-0.15, -0.1) is 0 Å². The minimum Gasteiger partial charge on any atom is -0.254 e. The van der Waals surface area contributed by atoms with E-state index in [2.05, 4.69) is 11.7 Å². The molecule has 0 bridgehead atoms. The van der Waals surface area contributed by atoms with Crippen molar-refractivity contribution in [3.63, 3.8) is 0 Å². The van der Waals surface area contributed by atoms with Crippen molar-refractivity contribution in [2.75, 3.05) is 0 Å². The van der Waals surface area contributed by atoms with Gasteiger partial charge in [0.2, 0.25) is 0 Å². The van der Waals surface area contributed by atoms with Crippen LogP contribution in [0.3, 0.4) is 0 Å². The molecular weight excluding hydrogens is 88.1 g/mol. The van der Waals surface area contributed by atoms with Crippen LogP contribution in [0.25, 0.3) is 0 Å². The number of hydrogen-bond donors (Lipinski definition) is 0. The molecule has 0 aromatic heterocycles. The molecule has 0 N–H and O–H groups in total. The molecule has 36 valence electrons. The molecule has 0 aromatic carbocycles. The summed E-state index contributed by atoms with van der Waals surface area (Å²) in [5.41, 5.74) is 0.375. The molecule has 2 heteroatoms. The normalized spacial score (nSPS) is 10.0. The Morgan fingerprint density at radius 3 is 2.57 bits per heavy atom. The van der Waals surface area contributed by atoms with Gasteiger partial charge in [-0.1, -0.05) is 6.08 Å². The molecule has 0 fully saturated rings. The van der Waals surface area contributed by atoms with Crippen LogP contribution in [0.2, 0.25) is 0 Å². The Kier molecular flexibility index (Phi) is 2.62. The Bertz CT molecular complexity index is 128. The molecular formula is C5H6N2. The third kappa shape index (κ3) is 1.72. The minimum atomic E-state index is 0.375. The third-order valence-corrected chi connectivity index (χ3v) is 0.558. The predicted octanol–water partition coefficient (Wildman–Crippen LogP) is 1.11. The zero-order chi connectivity index (χ0) is 5.70. The maximum Gasteiger partial charge on any atom is 0.135 e. The lowest BCUT2D eigenvalue weighted by Crippen LogP contribution is -1.64. The van der Waals surface area contributed by atoms with Crippen molar-refractivity contribution in [3.8, 4) is 6.07 Å². The highest BCUT2D eigenvalue weighted by atomic mass is 14.7. The molecule has 0 atom stereocenters. The van der Waals surface area contributed by atoms with Gasteiger partial charge in [0, 0.05) is 0 Å². The van der Waals surface area contributed by atoms with Gasteiger partial charge in [0.25, 0.3) is 0 Å². The van der Waals surface area contributed by atoms with Gasteiger partial charge in [-0.3, -0.25) is 4.99 Å². The van der Waals surface area contributed by atoms with Crippen LogP contribution in [0.15, 0.2) is 16.8 Å². The van der Waals surface area contributed by atoms with E-state index in [1.807, 2.05) is 6.07 Å². The van der Waals surface area contributed by atoms with Crippen molar-refractivity contribution in [2.24, 2.45) is 4.99 Å². The number of nitriles is 1. The lowest BCUT2D eigenvalue weighted by atomic mass is 10.5. The molecule has 0 radical (unpaired) electrons. The van der Waals surface area contributed by atoms with Crippen molar-refractivity contribution >= 4 is 6.72 Å². The Labute approximate surface area is 42.8 Å². The molecule has 0 saturated carbocycles. The van der Waals surface area contributed by atoms with Crippen LogP contribution >= 0.6 is 0 Å². The standard InChI is InChI=1S/C5H6N2/c1-3-5(4-6)7-2/h3H,2H2,1H3. The first-order valence-electron chi connectivity index (χ1n) is 1.88. The summed E-state index contributed by atoms with van der Waals surface area (Å²) in [6, 6.07) is 1.83. The van der Waals surface area contributed by atoms with E-state index >= 15 is 0 Å². The molecule has 0 aromatic rings. The molecule has 7 heavy (non-hydrogen) atoms. The lowest BCUT2D eigenvalue weighted by Gasteiger charge is -1.75. The first-order chi connectivity index (χ1) is 3.35. The van der Waals surface area contributed by atoms with E-state index in [-0.39, 0.29) is 0 Å². The highest BCUT2D eigenvalue weighted by Crippen LogP contribution is 1.87. The lowest BCUT2D eigenvalue weighted by molar-refractivity contribution is 1.38. The van der Waals surface area contributed by atoms with Gasteiger partial charge >= 0.3 is 0 Å². The van der Waals surface area contributed by atoms with Gasteiger partial charge in [0.05, 0.1) is 0 Å². The first kappa shape index (κ1) is 5.90.